The Labute approximate surface area is 302 Å². The summed E-state index contributed by atoms with van der Waals surface area (Å²) >= 11 is 0. The van der Waals surface area contributed by atoms with E-state index >= 15 is 0 Å². The molecule has 50 heavy (non-hydrogen) atoms. The van der Waals surface area contributed by atoms with Crippen molar-refractivity contribution < 1.29 is 39.9 Å². The smallest absolute Gasteiger partial charge is 0.311 e. The molecule has 0 aromatic carbocycles. The first-order valence-corrected chi connectivity index (χ1v) is 18.8. The third-order valence-electron chi connectivity index (χ3n) is 9.90. The summed E-state index contributed by atoms with van der Waals surface area (Å²) in [5.74, 6) is -3.28. The Morgan fingerprint density at radius 2 is 1.32 bits per heavy atom. The number of carbonyl (C=O) groups is 2. The molecule has 1 fully saturated rings. The van der Waals surface area contributed by atoms with Crippen LogP contribution in [0.15, 0.2) is 60.8 Å². The van der Waals surface area contributed by atoms with Gasteiger partial charge in [0.25, 0.3) is 0 Å². The molecule has 1 aliphatic rings. The van der Waals surface area contributed by atoms with E-state index in [1.165, 1.54) is 25.7 Å². The molecule has 0 bridgehead atoms. The van der Waals surface area contributed by atoms with E-state index in [1.54, 1.807) is 20.8 Å². The number of ether oxygens (including phenoxy) is 1. The minimum atomic E-state index is -1.91. The van der Waals surface area contributed by atoms with Crippen LogP contribution >= 0.6 is 0 Å². The van der Waals surface area contributed by atoms with E-state index in [1.807, 2.05) is 6.92 Å². The summed E-state index contributed by atoms with van der Waals surface area (Å²) in [6, 6.07) is -0.858. The van der Waals surface area contributed by atoms with Gasteiger partial charge in [-0.2, -0.15) is 0 Å². The molecule has 9 nitrogen and oxygen atoms in total. The minimum Gasteiger partial charge on any atom is -0.459 e. The topological polar surface area (TPSA) is 148 Å². The van der Waals surface area contributed by atoms with Crippen molar-refractivity contribution in [2.24, 2.45) is 17.8 Å². The second kappa shape index (κ2) is 23.1. The molecule has 0 aromatic rings. The number of hydrogen-bond donors (Lipinski definition) is 5. The molecule has 0 radical (unpaired) electrons. The Bertz CT molecular complexity index is 1140. The van der Waals surface area contributed by atoms with Gasteiger partial charge in [0.2, 0.25) is 5.91 Å². The van der Waals surface area contributed by atoms with Crippen LogP contribution in [-0.4, -0.2) is 90.5 Å². The van der Waals surface area contributed by atoms with Gasteiger partial charge in [-0.1, -0.05) is 88.5 Å². The van der Waals surface area contributed by atoms with E-state index in [0.29, 0.717) is 12.8 Å². The second-order valence-electron chi connectivity index (χ2n) is 14.6. The molecule has 1 saturated heterocycles. The highest BCUT2D eigenvalue weighted by Crippen LogP contribution is 2.33. The monoisotopic (exact) mass is 704 g/mol. The van der Waals surface area contributed by atoms with Gasteiger partial charge in [-0.3, -0.25) is 9.59 Å². The van der Waals surface area contributed by atoms with E-state index in [4.69, 9.17) is 4.74 Å². The van der Waals surface area contributed by atoms with Crippen LogP contribution < -0.4 is 0 Å². The number of unbranched alkanes of at least 4 members (excludes halogenated alkanes) is 1. The van der Waals surface area contributed by atoms with Crippen molar-refractivity contribution in [1.29, 1.82) is 0 Å². The van der Waals surface area contributed by atoms with Gasteiger partial charge in [-0.05, 0) is 91.4 Å². The maximum atomic E-state index is 13.7. The van der Waals surface area contributed by atoms with E-state index in [2.05, 4.69) is 67.7 Å². The van der Waals surface area contributed by atoms with E-state index in [-0.39, 0.29) is 37.6 Å². The van der Waals surface area contributed by atoms with Crippen LogP contribution in [0.1, 0.15) is 120 Å². The molecule has 1 aliphatic heterocycles. The standard InChI is InChI=1S/C41H69NO8/c1-9-11-12-13-14-15-16-17-18-19-20-21-22-23-24-25-26-27-35(43)42-29-30(3)28-40(7,48)37(45)31(4)36(44)32(5)39(47)50-34(10-2)41(8,49)38(46)33(42)6/h11-12,14-15,17-18,20-21,23-24,30-34,36-38,44-46,48-49H,9-10,13,16,19,22,25-29H2,1-8H3/b12-11-,15-14-,18-17-,21-20-,24-23-/t30-,31+,32-,33?,34-,36+,37+,38-,40?,41-/m1/s1. The van der Waals surface area contributed by atoms with Gasteiger partial charge in [0.05, 0.1) is 29.8 Å². The SMILES string of the molecule is CC/C=C\C/C=C\C/C=C\C/C=C\C/C=C\CCCC(=O)N1C[C@H](C)CC(C)(O)[C@@H](O)[C@@H](C)[C@H](O)[C@@H](C)C(=O)O[C@H](CC)[C@@](C)(O)[C@H](O)C1C. The summed E-state index contributed by atoms with van der Waals surface area (Å²) in [5.41, 5.74) is -3.56. The van der Waals surface area contributed by atoms with Gasteiger partial charge in [0.1, 0.15) is 17.8 Å². The zero-order valence-corrected chi connectivity index (χ0v) is 32.1. The van der Waals surface area contributed by atoms with E-state index in [0.717, 1.165) is 32.1 Å². The first-order chi connectivity index (χ1) is 23.5. The predicted octanol–water partition coefficient (Wildman–Crippen LogP) is 6.34. The molecule has 0 aromatic heterocycles. The van der Waals surface area contributed by atoms with Crippen LogP contribution in [0.4, 0.5) is 0 Å². The number of allylic oxidation sites excluding steroid dienone is 10. The molecular formula is C41H69NO8. The van der Waals surface area contributed by atoms with Gasteiger partial charge in [0.15, 0.2) is 0 Å². The molecule has 2 unspecified atom stereocenters. The molecule has 1 amide bonds. The lowest BCUT2D eigenvalue weighted by molar-refractivity contribution is -0.194. The molecule has 10 atom stereocenters. The third-order valence-corrected chi connectivity index (χ3v) is 9.90. The van der Waals surface area contributed by atoms with Gasteiger partial charge in [-0.25, -0.2) is 0 Å². The van der Waals surface area contributed by atoms with Crippen molar-refractivity contribution in [3.05, 3.63) is 60.8 Å². The Morgan fingerprint density at radius 1 is 0.820 bits per heavy atom. The minimum absolute atomic E-state index is 0.0880. The maximum absolute atomic E-state index is 13.7. The Kier molecular flexibility index (Phi) is 21.0. The number of nitrogens with zero attached hydrogens (tertiary/aromatic N) is 1. The summed E-state index contributed by atoms with van der Waals surface area (Å²) in [5, 5.41) is 56.4. The quantitative estimate of drug-likeness (QED) is 0.0800. The van der Waals surface area contributed by atoms with Gasteiger partial charge in [-0.15, -0.1) is 0 Å². The van der Waals surface area contributed by atoms with Crippen LogP contribution in [0.5, 0.6) is 0 Å². The number of rotatable bonds is 14. The first kappa shape index (κ1) is 45.5. The lowest BCUT2D eigenvalue weighted by Crippen LogP contribution is -2.60. The van der Waals surface area contributed by atoms with Gasteiger partial charge >= 0.3 is 5.97 Å². The number of aliphatic hydroxyl groups is 5. The molecular weight excluding hydrogens is 634 g/mol. The fourth-order valence-electron chi connectivity index (χ4n) is 6.67. The lowest BCUT2D eigenvalue weighted by atomic mass is 9.78. The van der Waals surface area contributed by atoms with E-state index < -0.39 is 59.5 Å². The van der Waals surface area contributed by atoms with Crippen LogP contribution in [0.2, 0.25) is 0 Å². The summed E-state index contributed by atoms with van der Waals surface area (Å²) < 4.78 is 5.64. The number of aliphatic hydroxyl groups excluding tert-OH is 3. The number of cyclic esters (lactones) is 1. The fourth-order valence-corrected chi connectivity index (χ4v) is 6.67. The number of hydrogen-bond acceptors (Lipinski definition) is 8. The van der Waals surface area contributed by atoms with Crippen LogP contribution in [-0.2, 0) is 14.3 Å². The molecule has 9 heteroatoms. The maximum Gasteiger partial charge on any atom is 0.311 e. The largest absolute Gasteiger partial charge is 0.459 e. The Morgan fingerprint density at radius 3 is 1.82 bits per heavy atom. The highest BCUT2D eigenvalue weighted by Gasteiger charge is 2.48. The average Bonchev–Trinajstić information content (AvgIpc) is 3.07. The van der Waals surface area contributed by atoms with Crippen molar-refractivity contribution in [2.75, 3.05) is 6.54 Å². The summed E-state index contributed by atoms with van der Waals surface area (Å²) in [4.78, 5) is 28.3. The zero-order chi connectivity index (χ0) is 37.9. The number of amides is 1. The molecule has 286 valence electrons. The normalized spacial score (nSPS) is 34.3. The second-order valence-corrected chi connectivity index (χ2v) is 14.6. The van der Waals surface area contributed by atoms with Gasteiger partial charge < -0.3 is 35.2 Å². The van der Waals surface area contributed by atoms with Crippen molar-refractivity contribution in [3.63, 3.8) is 0 Å². The molecule has 0 spiro atoms. The molecule has 0 saturated carbocycles. The molecule has 5 N–H and O–H groups in total. The van der Waals surface area contributed by atoms with Crippen LogP contribution in [0.3, 0.4) is 0 Å². The molecule has 0 aliphatic carbocycles. The van der Waals surface area contributed by atoms with Crippen molar-refractivity contribution >= 4 is 11.9 Å². The van der Waals surface area contributed by atoms with Crippen LogP contribution in [0, 0.1) is 17.8 Å². The Hall–Kier alpha value is -2.56. The highest BCUT2D eigenvalue weighted by molar-refractivity contribution is 5.76. The molecule has 1 rings (SSSR count). The first-order valence-electron chi connectivity index (χ1n) is 18.8. The summed E-state index contributed by atoms with van der Waals surface area (Å²) in [6.07, 6.45) is 22.5. The predicted molar refractivity (Wildman–Crippen MR) is 201 cm³/mol. The average molecular weight is 704 g/mol. The Balaban J connectivity index is 2.94. The third kappa shape index (κ3) is 15.0. The molecule has 1 heterocycles. The van der Waals surface area contributed by atoms with Gasteiger partial charge in [0, 0.05) is 18.9 Å². The number of carbonyl (C=O) groups excluding carboxylic acids is 2. The fraction of sp³-hybridized carbons (Fsp3) is 0.707. The van der Waals surface area contributed by atoms with Crippen molar-refractivity contribution in [3.8, 4) is 0 Å². The summed E-state index contributed by atoms with van der Waals surface area (Å²) in [6.45, 7) is 13.4. The van der Waals surface area contributed by atoms with Crippen molar-refractivity contribution in [2.45, 2.75) is 161 Å². The summed E-state index contributed by atoms with van der Waals surface area (Å²) in [7, 11) is 0. The lowest BCUT2D eigenvalue weighted by Gasteiger charge is -2.43. The van der Waals surface area contributed by atoms with Crippen LogP contribution in [0.25, 0.3) is 0 Å². The highest BCUT2D eigenvalue weighted by atomic mass is 16.6. The van der Waals surface area contributed by atoms with E-state index in [9.17, 15) is 35.1 Å². The van der Waals surface area contributed by atoms with Crippen molar-refractivity contribution in [1.82, 2.24) is 4.90 Å². The zero-order valence-electron chi connectivity index (χ0n) is 32.1. The number of esters is 1.